The van der Waals surface area contributed by atoms with Gasteiger partial charge in [-0.15, -0.1) is 0 Å². The predicted molar refractivity (Wildman–Crippen MR) is 46.9 cm³/mol. The van der Waals surface area contributed by atoms with Crippen LogP contribution >= 0.6 is 15.9 Å². The van der Waals surface area contributed by atoms with Gasteiger partial charge in [0.25, 0.3) is 0 Å². The molecule has 0 unspecified atom stereocenters. The Labute approximate surface area is 78.7 Å². The molecule has 1 heterocycles. The quantitative estimate of drug-likeness (QED) is 0.724. The molecule has 0 saturated heterocycles. The third-order valence-corrected chi connectivity index (χ3v) is 1.69. The molecular weight excluding hydrogens is 224 g/mol. The highest BCUT2D eigenvalue weighted by Crippen LogP contribution is 2.08. The Morgan fingerprint density at radius 2 is 2.50 bits per heavy atom. The molecule has 0 aliphatic heterocycles. The van der Waals surface area contributed by atoms with Gasteiger partial charge in [0.15, 0.2) is 0 Å². The molecule has 0 saturated carbocycles. The predicted octanol–water partition coefficient (Wildman–Crippen LogP) is 1.36. The highest BCUT2D eigenvalue weighted by atomic mass is 79.9. The first-order valence-electron chi connectivity index (χ1n) is 3.51. The number of carbonyl (C=O) groups is 1. The van der Waals surface area contributed by atoms with Gasteiger partial charge in [-0.25, -0.2) is 9.78 Å². The molecule has 1 rings (SSSR count). The van der Waals surface area contributed by atoms with Crippen molar-refractivity contribution in [2.75, 3.05) is 6.61 Å². The van der Waals surface area contributed by atoms with Crippen LogP contribution in [0.1, 0.15) is 17.5 Å². The second-order valence-electron chi connectivity index (χ2n) is 2.22. The summed E-state index contributed by atoms with van der Waals surface area (Å²) in [5.41, 5.74) is 0. The van der Waals surface area contributed by atoms with Crippen LogP contribution in [0.4, 0.5) is 0 Å². The standard InChI is InChI=1S/C7H9BrN2O2/c1-3-12-7(11)6-9-5(8)4-10(6)2/h4H,3H2,1-2H3. The molecule has 5 heteroatoms. The van der Waals surface area contributed by atoms with Crippen molar-refractivity contribution >= 4 is 21.9 Å². The zero-order valence-corrected chi connectivity index (χ0v) is 8.46. The molecule has 0 bridgehead atoms. The average molecular weight is 233 g/mol. The van der Waals surface area contributed by atoms with E-state index < -0.39 is 5.97 Å². The third-order valence-electron chi connectivity index (χ3n) is 1.30. The summed E-state index contributed by atoms with van der Waals surface area (Å²) in [6.45, 7) is 2.12. The molecule has 0 spiro atoms. The summed E-state index contributed by atoms with van der Waals surface area (Å²) < 4.78 is 7.02. The maximum absolute atomic E-state index is 11.2. The van der Waals surface area contributed by atoms with Gasteiger partial charge < -0.3 is 9.30 Å². The number of rotatable bonds is 2. The molecular formula is C7H9BrN2O2. The fraction of sp³-hybridized carbons (Fsp3) is 0.429. The van der Waals surface area contributed by atoms with Gasteiger partial charge in [-0.2, -0.15) is 0 Å². The van der Waals surface area contributed by atoms with Crippen molar-refractivity contribution in [3.8, 4) is 0 Å². The van der Waals surface area contributed by atoms with E-state index >= 15 is 0 Å². The Bertz CT molecular complexity index is 296. The minimum atomic E-state index is -0.398. The van der Waals surface area contributed by atoms with E-state index in [1.165, 1.54) is 0 Å². The molecule has 4 nitrogen and oxygen atoms in total. The smallest absolute Gasteiger partial charge is 0.374 e. The van der Waals surface area contributed by atoms with Gasteiger partial charge in [-0.1, -0.05) is 0 Å². The molecule has 0 aliphatic rings. The maximum Gasteiger partial charge on any atom is 0.374 e. The molecule has 0 fully saturated rings. The summed E-state index contributed by atoms with van der Waals surface area (Å²) in [6.07, 6.45) is 1.70. The van der Waals surface area contributed by atoms with E-state index in [4.69, 9.17) is 4.74 Å². The van der Waals surface area contributed by atoms with Gasteiger partial charge in [0, 0.05) is 13.2 Å². The molecule has 1 aromatic rings. The maximum atomic E-state index is 11.2. The monoisotopic (exact) mass is 232 g/mol. The van der Waals surface area contributed by atoms with Gasteiger partial charge in [-0.3, -0.25) is 0 Å². The van der Waals surface area contributed by atoms with Crippen LogP contribution in [0.15, 0.2) is 10.8 Å². The number of nitrogens with zero attached hydrogens (tertiary/aromatic N) is 2. The Kier molecular flexibility index (Phi) is 2.86. The second-order valence-corrected chi connectivity index (χ2v) is 3.03. The highest BCUT2D eigenvalue weighted by molar-refractivity contribution is 9.10. The Morgan fingerprint density at radius 1 is 1.83 bits per heavy atom. The normalized spacial score (nSPS) is 9.92. The topological polar surface area (TPSA) is 44.1 Å². The van der Waals surface area contributed by atoms with E-state index in [-0.39, 0.29) is 0 Å². The fourth-order valence-electron chi connectivity index (χ4n) is 0.815. The van der Waals surface area contributed by atoms with E-state index in [2.05, 4.69) is 20.9 Å². The first-order chi connectivity index (χ1) is 5.65. The number of aryl methyl sites for hydroxylation is 1. The second kappa shape index (κ2) is 3.71. The first kappa shape index (κ1) is 9.25. The summed E-state index contributed by atoms with van der Waals surface area (Å²) in [4.78, 5) is 15.1. The summed E-state index contributed by atoms with van der Waals surface area (Å²) in [6, 6.07) is 0. The van der Waals surface area contributed by atoms with Crippen LogP contribution < -0.4 is 0 Å². The number of hydrogen-bond donors (Lipinski definition) is 0. The van der Waals surface area contributed by atoms with Crippen molar-refractivity contribution in [2.24, 2.45) is 7.05 Å². The molecule has 66 valence electrons. The lowest BCUT2D eigenvalue weighted by Gasteiger charge is -1.99. The van der Waals surface area contributed by atoms with Crippen LogP contribution in [0.25, 0.3) is 0 Å². The van der Waals surface area contributed by atoms with Crippen molar-refractivity contribution < 1.29 is 9.53 Å². The lowest BCUT2D eigenvalue weighted by atomic mass is 10.6. The van der Waals surface area contributed by atoms with Gasteiger partial charge in [-0.05, 0) is 22.9 Å². The van der Waals surface area contributed by atoms with Crippen molar-refractivity contribution in [3.63, 3.8) is 0 Å². The van der Waals surface area contributed by atoms with Crippen LogP contribution in [0, 0.1) is 0 Å². The molecule has 0 amide bonds. The molecule has 0 aliphatic carbocycles. The fourth-order valence-corrected chi connectivity index (χ4v) is 1.29. The van der Waals surface area contributed by atoms with Crippen molar-refractivity contribution in [2.45, 2.75) is 6.92 Å². The van der Waals surface area contributed by atoms with Crippen LogP contribution in [-0.4, -0.2) is 22.1 Å². The van der Waals surface area contributed by atoms with E-state index in [9.17, 15) is 4.79 Å². The number of hydrogen-bond acceptors (Lipinski definition) is 3. The minimum Gasteiger partial charge on any atom is -0.460 e. The molecule has 0 aromatic carbocycles. The minimum absolute atomic E-state index is 0.309. The Hall–Kier alpha value is -0.840. The van der Waals surface area contributed by atoms with Gasteiger partial charge in [0.05, 0.1) is 6.61 Å². The SMILES string of the molecule is CCOC(=O)c1nc(Br)cn1C. The molecule has 1 aromatic heterocycles. The lowest BCUT2D eigenvalue weighted by Crippen LogP contribution is -2.10. The number of carbonyl (C=O) groups excluding carboxylic acids is 1. The van der Waals surface area contributed by atoms with Crippen molar-refractivity contribution in [1.29, 1.82) is 0 Å². The van der Waals surface area contributed by atoms with E-state index in [1.807, 2.05) is 0 Å². The number of esters is 1. The van der Waals surface area contributed by atoms with E-state index in [1.54, 1.807) is 24.7 Å². The van der Waals surface area contributed by atoms with Gasteiger partial charge in [0.2, 0.25) is 5.82 Å². The number of imidazole rings is 1. The Morgan fingerprint density at radius 3 is 2.92 bits per heavy atom. The molecule has 0 atom stereocenters. The summed E-state index contributed by atoms with van der Waals surface area (Å²) in [7, 11) is 1.74. The average Bonchev–Trinajstić information content (AvgIpc) is 2.30. The number of halogens is 1. The summed E-state index contributed by atoms with van der Waals surface area (Å²) >= 11 is 3.16. The summed E-state index contributed by atoms with van der Waals surface area (Å²) in [5, 5.41) is 0. The number of aromatic nitrogens is 2. The van der Waals surface area contributed by atoms with Crippen LogP contribution in [0.2, 0.25) is 0 Å². The van der Waals surface area contributed by atoms with Crippen LogP contribution in [0.5, 0.6) is 0 Å². The van der Waals surface area contributed by atoms with Crippen molar-refractivity contribution in [3.05, 3.63) is 16.6 Å². The van der Waals surface area contributed by atoms with E-state index in [0.717, 1.165) is 0 Å². The molecule has 0 radical (unpaired) electrons. The van der Waals surface area contributed by atoms with Gasteiger partial charge >= 0.3 is 5.97 Å². The highest BCUT2D eigenvalue weighted by Gasteiger charge is 2.13. The first-order valence-corrected chi connectivity index (χ1v) is 4.30. The lowest BCUT2D eigenvalue weighted by molar-refractivity contribution is 0.0508. The van der Waals surface area contributed by atoms with Gasteiger partial charge in [0.1, 0.15) is 4.60 Å². The third kappa shape index (κ3) is 1.85. The molecule has 0 N–H and O–H groups in total. The summed E-state index contributed by atoms with van der Waals surface area (Å²) in [5.74, 6) is -0.0885. The van der Waals surface area contributed by atoms with Crippen LogP contribution in [0.3, 0.4) is 0 Å². The zero-order chi connectivity index (χ0) is 9.14. The van der Waals surface area contributed by atoms with Crippen LogP contribution in [-0.2, 0) is 11.8 Å². The Balaban J connectivity index is 2.87. The number of ether oxygens (including phenoxy) is 1. The largest absolute Gasteiger partial charge is 0.460 e. The zero-order valence-electron chi connectivity index (χ0n) is 6.87. The van der Waals surface area contributed by atoms with Crippen molar-refractivity contribution in [1.82, 2.24) is 9.55 Å². The molecule has 12 heavy (non-hydrogen) atoms. The van der Waals surface area contributed by atoms with E-state index in [0.29, 0.717) is 17.0 Å².